The Morgan fingerprint density at radius 2 is 1.65 bits per heavy atom. The van der Waals surface area contributed by atoms with Gasteiger partial charge in [-0.2, -0.15) is 0 Å². The molecule has 5 nitrogen and oxygen atoms in total. The zero-order valence-electron chi connectivity index (χ0n) is 20.7. The van der Waals surface area contributed by atoms with Gasteiger partial charge in [0.1, 0.15) is 23.3 Å². The van der Waals surface area contributed by atoms with Crippen LogP contribution in [0.25, 0.3) is 22.1 Å². The van der Waals surface area contributed by atoms with E-state index in [2.05, 4.69) is 4.90 Å². The van der Waals surface area contributed by atoms with Crippen molar-refractivity contribution in [2.45, 2.75) is 63.0 Å². The van der Waals surface area contributed by atoms with Gasteiger partial charge in [-0.3, -0.25) is 4.79 Å². The largest absolute Gasteiger partial charge is 0.490 e. The van der Waals surface area contributed by atoms with Gasteiger partial charge in [-0.15, -0.1) is 0 Å². The zero-order valence-corrected chi connectivity index (χ0v) is 20.7. The van der Waals surface area contributed by atoms with Crippen molar-refractivity contribution in [3.8, 4) is 16.9 Å². The van der Waals surface area contributed by atoms with Crippen molar-refractivity contribution in [2.24, 2.45) is 0 Å². The van der Waals surface area contributed by atoms with Crippen LogP contribution in [-0.2, 0) is 0 Å². The molecule has 0 atom stereocenters. The Hall–Kier alpha value is -3.00. The highest BCUT2D eigenvalue weighted by atomic mass is 19.3. The third-order valence-electron chi connectivity index (χ3n) is 8.14. The number of amides is 1. The number of benzene rings is 2. The number of nitrogens with zero attached hydrogens (tertiary/aromatic N) is 2. The number of carbonyl (C=O) groups excluding carboxylic acids is 1. The summed E-state index contributed by atoms with van der Waals surface area (Å²) in [5.74, 6) is -2.83. The first-order chi connectivity index (χ1) is 17.9. The first kappa shape index (κ1) is 24.3. The Kier molecular flexibility index (Phi) is 6.39. The van der Waals surface area contributed by atoms with Crippen LogP contribution in [0, 0.1) is 5.82 Å². The maximum Gasteiger partial charge on any atom is 0.290 e. The van der Waals surface area contributed by atoms with Gasteiger partial charge < -0.3 is 19.0 Å². The van der Waals surface area contributed by atoms with Crippen molar-refractivity contribution in [1.82, 2.24) is 9.80 Å². The van der Waals surface area contributed by atoms with Crippen molar-refractivity contribution in [2.75, 3.05) is 26.2 Å². The number of carbonyl (C=O) groups is 1. The third kappa shape index (κ3) is 4.96. The molecule has 3 heterocycles. The predicted octanol–water partition coefficient (Wildman–Crippen LogP) is 6.51. The predicted molar refractivity (Wildman–Crippen MR) is 135 cm³/mol. The lowest BCUT2D eigenvalue weighted by molar-refractivity contribution is -0.0498. The fourth-order valence-electron chi connectivity index (χ4n) is 5.69. The van der Waals surface area contributed by atoms with Gasteiger partial charge >= 0.3 is 0 Å². The number of furan rings is 1. The van der Waals surface area contributed by atoms with Crippen LogP contribution in [0.2, 0.25) is 0 Å². The molecule has 0 unspecified atom stereocenters. The molecule has 1 amide bonds. The van der Waals surface area contributed by atoms with E-state index in [4.69, 9.17) is 9.15 Å². The maximum atomic E-state index is 13.7. The monoisotopic (exact) mass is 512 g/mol. The highest BCUT2D eigenvalue weighted by molar-refractivity contribution is 6.08. The summed E-state index contributed by atoms with van der Waals surface area (Å²) in [5, 5.41) is 0.699. The topological polar surface area (TPSA) is 45.9 Å². The second-order valence-electron chi connectivity index (χ2n) is 10.6. The normalized spacial score (nSPS) is 21.2. The maximum absolute atomic E-state index is 13.7. The van der Waals surface area contributed by atoms with E-state index in [0.717, 1.165) is 32.0 Å². The Morgan fingerprint density at radius 1 is 0.946 bits per heavy atom. The molecule has 1 aromatic heterocycles. The average molecular weight is 513 g/mol. The molecule has 0 N–H and O–H groups in total. The molecule has 0 bridgehead atoms. The summed E-state index contributed by atoms with van der Waals surface area (Å²) in [6, 6.07) is 12.1. The van der Waals surface area contributed by atoms with E-state index in [0.29, 0.717) is 27.8 Å². The van der Waals surface area contributed by atoms with Gasteiger partial charge in [-0.1, -0.05) is 18.6 Å². The van der Waals surface area contributed by atoms with Gasteiger partial charge in [-0.25, -0.2) is 13.2 Å². The summed E-state index contributed by atoms with van der Waals surface area (Å²) in [6.07, 6.45) is 5.25. The van der Waals surface area contributed by atoms with E-state index in [-0.39, 0.29) is 43.6 Å². The first-order valence-corrected chi connectivity index (χ1v) is 13.3. The van der Waals surface area contributed by atoms with E-state index in [1.807, 2.05) is 12.1 Å². The molecule has 196 valence electrons. The summed E-state index contributed by atoms with van der Waals surface area (Å²) in [5.41, 5.74) is 1.65. The van der Waals surface area contributed by atoms with Crippen LogP contribution in [0.15, 0.2) is 46.9 Å². The van der Waals surface area contributed by atoms with E-state index >= 15 is 0 Å². The zero-order chi connectivity index (χ0) is 25.6. The number of ether oxygens (including phenoxy) is 1. The van der Waals surface area contributed by atoms with E-state index in [9.17, 15) is 18.0 Å². The minimum atomic E-state index is -2.76. The van der Waals surface area contributed by atoms with Crippen molar-refractivity contribution >= 4 is 16.9 Å². The van der Waals surface area contributed by atoms with Crippen LogP contribution >= 0.6 is 0 Å². The van der Waals surface area contributed by atoms with Crippen molar-refractivity contribution in [3.63, 3.8) is 0 Å². The van der Waals surface area contributed by atoms with Crippen molar-refractivity contribution in [3.05, 3.63) is 54.0 Å². The van der Waals surface area contributed by atoms with Crippen LogP contribution in [0.4, 0.5) is 13.2 Å². The van der Waals surface area contributed by atoms with Crippen LogP contribution < -0.4 is 4.74 Å². The van der Waals surface area contributed by atoms with E-state index in [1.165, 1.54) is 36.3 Å². The molecular formula is C29H31F3N2O3. The van der Waals surface area contributed by atoms with Crippen LogP contribution in [0.1, 0.15) is 55.5 Å². The molecule has 3 aromatic rings. The van der Waals surface area contributed by atoms with Crippen LogP contribution in [0.5, 0.6) is 5.75 Å². The lowest BCUT2D eigenvalue weighted by Gasteiger charge is -2.41. The SMILES string of the molecule is O=C(c1oc2cc(OC3CCN(C4CCC4)CC3)ccc2c1-c1ccc(F)cc1)N1CCC(F)(F)CC1. The number of halogens is 3. The molecule has 6 rings (SSSR count). The minimum absolute atomic E-state index is 0.0420. The first-order valence-electron chi connectivity index (χ1n) is 13.3. The van der Waals surface area contributed by atoms with Crippen LogP contribution in [-0.4, -0.2) is 60.0 Å². The summed E-state index contributed by atoms with van der Waals surface area (Å²) in [6.45, 7) is 2.00. The molecule has 8 heteroatoms. The second-order valence-corrected chi connectivity index (χ2v) is 10.6. The number of rotatable bonds is 5. The lowest BCUT2D eigenvalue weighted by Crippen LogP contribution is -2.46. The Balaban J connectivity index is 1.27. The molecular weight excluding hydrogens is 481 g/mol. The molecule has 2 aromatic carbocycles. The number of hydrogen-bond acceptors (Lipinski definition) is 4. The van der Waals surface area contributed by atoms with E-state index in [1.54, 1.807) is 18.2 Å². The average Bonchev–Trinajstić information content (AvgIpc) is 3.23. The fraction of sp³-hybridized carbons (Fsp3) is 0.483. The van der Waals surface area contributed by atoms with Gasteiger partial charge in [0.25, 0.3) is 11.8 Å². The van der Waals surface area contributed by atoms with Gasteiger partial charge in [0.05, 0.1) is 0 Å². The Labute approximate surface area is 214 Å². The third-order valence-corrected chi connectivity index (χ3v) is 8.14. The molecule has 2 aliphatic heterocycles. The number of alkyl halides is 2. The summed E-state index contributed by atoms with van der Waals surface area (Å²) in [7, 11) is 0. The fourth-order valence-corrected chi connectivity index (χ4v) is 5.69. The Morgan fingerprint density at radius 3 is 2.30 bits per heavy atom. The number of hydrogen-bond donors (Lipinski definition) is 0. The number of fused-ring (bicyclic) bond motifs is 1. The quantitative estimate of drug-likeness (QED) is 0.391. The second kappa shape index (κ2) is 9.71. The lowest BCUT2D eigenvalue weighted by atomic mass is 9.90. The van der Waals surface area contributed by atoms with Crippen molar-refractivity contribution < 1.29 is 27.1 Å². The molecule has 3 aliphatic rings. The molecule has 3 fully saturated rings. The number of likely N-dealkylation sites (tertiary alicyclic amines) is 2. The number of piperidine rings is 2. The molecule has 0 spiro atoms. The van der Waals surface area contributed by atoms with Gasteiger partial charge in [-0.05, 0) is 55.5 Å². The summed E-state index contributed by atoms with van der Waals surface area (Å²) in [4.78, 5) is 17.4. The van der Waals surface area contributed by atoms with E-state index < -0.39 is 11.8 Å². The van der Waals surface area contributed by atoms with Crippen molar-refractivity contribution in [1.29, 1.82) is 0 Å². The molecule has 1 saturated carbocycles. The molecule has 2 saturated heterocycles. The molecule has 1 aliphatic carbocycles. The standard InChI is InChI=1S/C29H31F3N2O3/c30-20-6-4-19(5-7-20)26-24-9-8-23(36-22-10-14-33(15-11-22)21-2-1-3-21)18-25(24)37-27(26)28(35)34-16-12-29(31,32)13-17-34/h4-9,18,21-22H,1-3,10-17H2. The minimum Gasteiger partial charge on any atom is -0.490 e. The summed E-state index contributed by atoms with van der Waals surface area (Å²) >= 11 is 0. The Bertz CT molecular complexity index is 1270. The smallest absolute Gasteiger partial charge is 0.290 e. The van der Waals surface area contributed by atoms with Crippen LogP contribution in [0.3, 0.4) is 0 Å². The molecule has 37 heavy (non-hydrogen) atoms. The van der Waals surface area contributed by atoms with Gasteiger partial charge in [0, 0.05) is 62.1 Å². The van der Waals surface area contributed by atoms with Gasteiger partial charge in [0.2, 0.25) is 5.76 Å². The highest BCUT2D eigenvalue weighted by Crippen LogP contribution is 2.39. The summed E-state index contributed by atoms with van der Waals surface area (Å²) < 4.78 is 53.4. The van der Waals surface area contributed by atoms with Gasteiger partial charge in [0.15, 0.2) is 0 Å². The highest BCUT2D eigenvalue weighted by Gasteiger charge is 2.37. The molecule has 0 radical (unpaired) electrons.